The summed E-state index contributed by atoms with van der Waals surface area (Å²) in [5, 5.41) is 1.18. The molecule has 0 radical (unpaired) electrons. The van der Waals surface area contributed by atoms with Gasteiger partial charge in [0.2, 0.25) is 5.91 Å². The highest BCUT2D eigenvalue weighted by Crippen LogP contribution is 2.54. The number of urea groups is 1. The summed E-state index contributed by atoms with van der Waals surface area (Å²) in [7, 11) is 1.60. The first-order valence-electron chi connectivity index (χ1n) is 14.9. The minimum absolute atomic E-state index is 0.148. The number of primary amides is 1. The van der Waals surface area contributed by atoms with Crippen LogP contribution in [0, 0.1) is 0 Å². The Morgan fingerprint density at radius 1 is 0.911 bits per heavy atom. The van der Waals surface area contributed by atoms with Gasteiger partial charge in [-0.1, -0.05) is 47.5 Å². The first kappa shape index (κ1) is 32.6. The van der Waals surface area contributed by atoms with Crippen molar-refractivity contribution in [3.8, 4) is 11.5 Å². The fourth-order valence-corrected chi connectivity index (χ4v) is 6.44. The van der Waals surface area contributed by atoms with Gasteiger partial charge in [-0.15, -0.1) is 0 Å². The lowest BCUT2D eigenvalue weighted by Crippen LogP contribution is -2.61. The van der Waals surface area contributed by atoms with Crippen LogP contribution in [0.3, 0.4) is 0 Å². The van der Waals surface area contributed by atoms with Gasteiger partial charge in [0.15, 0.2) is 0 Å². The number of benzene rings is 3. The van der Waals surface area contributed by atoms with E-state index in [1.54, 1.807) is 16.9 Å². The molecule has 2 heterocycles. The molecule has 11 heteroatoms. The summed E-state index contributed by atoms with van der Waals surface area (Å²) >= 11 is 12.7. The molecule has 0 aliphatic carbocycles. The maximum atomic E-state index is 14.9. The maximum Gasteiger partial charge on any atom is 0.326 e. The van der Waals surface area contributed by atoms with E-state index in [0.29, 0.717) is 59.1 Å². The largest absolute Gasteiger partial charge is 0.497 e. The number of ether oxygens (including phenoxy) is 2. The zero-order valence-electron chi connectivity index (χ0n) is 26.2. The third kappa shape index (κ3) is 6.21. The van der Waals surface area contributed by atoms with Crippen molar-refractivity contribution in [3.63, 3.8) is 0 Å². The van der Waals surface area contributed by atoms with Crippen LogP contribution in [0.5, 0.6) is 11.5 Å². The number of carbonyl (C=O) groups excluding carboxylic acids is 2. The summed E-state index contributed by atoms with van der Waals surface area (Å²) in [4.78, 5) is 37.5. The van der Waals surface area contributed by atoms with Crippen molar-refractivity contribution in [3.05, 3.63) is 93.5 Å². The standard InChI is InChI=1S/C34H39Cl2N5O4/c1-22(2)45-29-20-27(44-5)14-15-28(29)31-38-33(3,23-6-10-25(35)11-7-23)34(4,24-8-12-26(36)13-9-24)41(31)32(43)40-18-16-39(17-19-40)21-30(37)42/h6-15,20,22H,16-19,21H2,1-5H3,(H2,37,42). The first-order chi connectivity index (χ1) is 21.4. The molecular formula is C34H39Cl2N5O4. The van der Waals surface area contributed by atoms with Crippen LogP contribution in [0.1, 0.15) is 44.4 Å². The molecule has 2 unspecified atom stereocenters. The quantitative estimate of drug-likeness (QED) is 0.327. The van der Waals surface area contributed by atoms with E-state index in [4.69, 9.17) is 43.4 Å². The van der Waals surface area contributed by atoms with Gasteiger partial charge in [-0.25, -0.2) is 4.79 Å². The van der Waals surface area contributed by atoms with E-state index < -0.39 is 17.0 Å². The van der Waals surface area contributed by atoms with Crippen LogP contribution in [0.4, 0.5) is 4.79 Å². The Labute approximate surface area is 274 Å². The highest BCUT2D eigenvalue weighted by molar-refractivity contribution is 6.30. The van der Waals surface area contributed by atoms with Gasteiger partial charge in [0, 0.05) is 42.3 Å². The number of piperazine rings is 1. The number of methoxy groups -OCH3 is 1. The molecule has 2 aliphatic rings. The zero-order valence-corrected chi connectivity index (χ0v) is 27.7. The molecule has 2 atom stereocenters. The van der Waals surface area contributed by atoms with Crippen LogP contribution < -0.4 is 15.2 Å². The van der Waals surface area contributed by atoms with Gasteiger partial charge in [-0.05, 0) is 75.2 Å². The van der Waals surface area contributed by atoms with Gasteiger partial charge >= 0.3 is 6.03 Å². The Bertz CT molecular complexity index is 1590. The number of amidine groups is 1. The second-order valence-electron chi connectivity index (χ2n) is 12.0. The predicted molar refractivity (Wildman–Crippen MR) is 177 cm³/mol. The van der Waals surface area contributed by atoms with Crippen LogP contribution in [-0.4, -0.2) is 78.4 Å². The number of nitrogens with two attached hydrogens (primary N) is 1. The molecule has 0 bridgehead atoms. The summed E-state index contributed by atoms with van der Waals surface area (Å²) in [6, 6.07) is 20.5. The molecule has 1 saturated heterocycles. The van der Waals surface area contributed by atoms with Crippen molar-refractivity contribution in [1.82, 2.24) is 14.7 Å². The van der Waals surface area contributed by atoms with E-state index in [1.807, 2.05) is 99.3 Å². The molecule has 3 amide bonds. The average molecular weight is 653 g/mol. The number of nitrogens with zero attached hydrogens (tertiary/aromatic N) is 4. The molecule has 3 aromatic rings. The topological polar surface area (TPSA) is 101 Å². The number of hydrogen-bond donors (Lipinski definition) is 1. The minimum atomic E-state index is -1.03. The van der Waals surface area contributed by atoms with Gasteiger partial charge in [-0.3, -0.25) is 19.6 Å². The molecule has 9 nitrogen and oxygen atoms in total. The number of halogens is 2. The third-order valence-electron chi connectivity index (χ3n) is 8.75. The monoisotopic (exact) mass is 651 g/mol. The zero-order chi connectivity index (χ0) is 32.5. The molecule has 238 valence electrons. The van der Waals surface area contributed by atoms with Crippen molar-refractivity contribution < 1.29 is 19.1 Å². The van der Waals surface area contributed by atoms with Crippen LogP contribution in [0.15, 0.2) is 71.7 Å². The van der Waals surface area contributed by atoms with Crippen LogP contribution in [0.25, 0.3) is 0 Å². The van der Waals surface area contributed by atoms with Gasteiger partial charge in [0.25, 0.3) is 0 Å². The minimum Gasteiger partial charge on any atom is -0.497 e. The summed E-state index contributed by atoms with van der Waals surface area (Å²) in [5.74, 6) is 1.24. The van der Waals surface area contributed by atoms with Crippen molar-refractivity contribution in [2.75, 3.05) is 39.8 Å². The molecule has 45 heavy (non-hydrogen) atoms. The van der Waals surface area contributed by atoms with Crippen LogP contribution >= 0.6 is 23.2 Å². The van der Waals surface area contributed by atoms with E-state index in [1.165, 1.54) is 0 Å². The lowest BCUT2D eigenvalue weighted by molar-refractivity contribution is -0.119. The Kier molecular flexibility index (Phi) is 9.35. The van der Waals surface area contributed by atoms with E-state index in [-0.39, 0.29) is 18.7 Å². The summed E-state index contributed by atoms with van der Waals surface area (Å²) in [6.45, 7) is 10.00. The number of hydrogen-bond acceptors (Lipinski definition) is 6. The average Bonchev–Trinajstić information content (AvgIpc) is 3.25. The van der Waals surface area contributed by atoms with Gasteiger partial charge < -0.3 is 20.1 Å². The molecule has 3 aromatic carbocycles. The first-order valence-corrected chi connectivity index (χ1v) is 15.7. The second-order valence-corrected chi connectivity index (χ2v) is 12.8. The third-order valence-corrected chi connectivity index (χ3v) is 9.26. The van der Waals surface area contributed by atoms with Gasteiger partial charge in [0.1, 0.15) is 28.4 Å². The molecule has 2 aliphatic heterocycles. The Morgan fingerprint density at radius 3 is 2.02 bits per heavy atom. The number of carbonyl (C=O) groups is 2. The summed E-state index contributed by atoms with van der Waals surface area (Å²) in [6.07, 6.45) is -0.148. The normalized spacial score (nSPS) is 22.0. The number of rotatable bonds is 8. The lowest BCUT2D eigenvalue weighted by Gasteiger charge is -2.47. The van der Waals surface area contributed by atoms with Crippen LogP contribution in [-0.2, 0) is 15.9 Å². The smallest absolute Gasteiger partial charge is 0.326 e. The number of amides is 3. The molecule has 0 aromatic heterocycles. The maximum absolute atomic E-state index is 14.9. The second kappa shape index (κ2) is 12.9. The highest BCUT2D eigenvalue weighted by atomic mass is 35.5. The molecular weight excluding hydrogens is 613 g/mol. The molecule has 1 fully saturated rings. The summed E-state index contributed by atoms with van der Waals surface area (Å²) in [5.41, 5.74) is 5.83. The Hall–Kier alpha value is -3.79. The van der Waals surface area contributed by atoms with Crippen molar-refractivity contribution in [1.29, 1.82) is 0 Å². The highest BCUT2D eigenvalue weighted by Gasteiger charge is 2.60. The number of aliphatic imine (C=N–C) groups is 1. The fourth-order valence-electron chi connectivity index (χ4n) is 6.19. The fraction of sp³-hybridized carbons (Fsp3) is 0.382. The Balaban J connectivity index is 1.73. The van der Waals surface area contributed by atoms with Crippen molar-refractivity contribution >= 4 is 41.0 Å². The van der Waals surface area contributed by atoms with Crippen molar-refractivity contribution in [2.24, 2.45) is 10.7 Å². The summed E-state index contributed by atoms with van der Waals surface area (Å²) < 4.78 is 11.8. The molecule has 5 rings (SSSR count). The predicted octanol–water partition coefficient (Wildman–Crippen LogP) is 5.91. The molecule has 0 spiro atoms. The lowest BCUT2D eigenvalue weighted by atomic mass is 9.71. The van der Waals surface area contributed by atoms with Crippen LogP contribution in [0.2, 0.25) is 10.0 Å². The van der Waals surface area contributed by atoms with Crippen molar-refractivity contribution in [2.45, 2.75) is 44.9 Å². The molecule has 0 saturated carbocycles. The van der Waals surface area contributed by atoms with Gasteiger partial charge in [0.05, 0.1) is 25.3 Å². The van der Waals surface area contributed by atoms with E-state index in [0.717, 1.165) is 11.1 Å². The Morgan fingerprint density at radius 2 is 1.49 bits per heavy atom. The SMILES string of the molecule is COc1ccc(C2=NC(C)(c3ccc(Cl)cc3)C(C)(c3ccc(Cl)cc3)N2C(=O)N2CCN(CC(N)=O)CC2)c(OC(C)C)c1. The van der Waals surface area contributed by atoms with Gasteiger partial charge in [-0.2, -0.15) is 0 Å². The van der Waals surface area contributed by atoms with E-state index in [9.17, 15) is 9.59 Å². The molecule has 2 N–H and O–H groups in total. The van der Waals surface area contributed by atoms with E-state index in [2.05, 4.69) is 0 Å². The van der Waals surface area contributed by atoms with E-state index >= 15 is 0 Å².